The summed E-state index contributed by atoms with van der Waals surface area (Å²) in [6, 6.07) is 80.1. The number of phenolic OH excluding ortho intramolecular Hbond substituents is 1. The van der Waals surface area contributed by atoms with Gasteiger partial charge in [-0.05, 0) is 312 Å². The third kappa shape index (κ3) is 21.5. The lowest BCUT2D eigenvalue weighted by atomic mass is 9.91. The van der Waals surface area contributed by atoms with Crippen molar-refractivity contribution < 1.29 is 80.5 Å². The Labute approximate surface area is 828 Å². The second kappa shape index (κ2) is 41.9. The second-order valence-corrected chi connectivity index (χ2v) is 36.6. The molecule has 17 aromatic rings. The van der Waals surface area contributed by atoms with E-state index < -0.39 is 54.0 Å². The molecule has 0 spiro atoms. The molecule has 21 rings (SSSR count). The summed E-state index contributed by atoms with van der Waals surface area (Å²) in [4.78, 5) is 86.1. The highest BCUT2D eigenvalue weighted by Gasteiger charge is 2.41. The molecule has 4 unspecified atom stereocenters. The van der Waals surface area contributed by atoms with E-state index in [9.17, 15) is 42.3 Å². The number of aromatic nitrogens is 4. The molecule has 4 aliphatic heterocycles. The fourth-order valence-electron chi connectivity index (χ4n) is 17.9. The minimum Gasteiger partial charge on any atom is -0.508 e. The maximum atomic E-state index is 13.4. The van der Waals surface area contributed by atoms with Crippen molar-refractivity contribution in [1.29, 1.82) is 0 Å². The van der Waals surface area contributed by atoms with Gasteiger partial charge in [0.25, 0.3) is 0 Å². The molecule has 22 nitrogen and oxygen atoms in total. The normalized spacial score (nSPS) is 15.2. The largest absolute Gasteiger partial charge is 0.519 e. The first kappa shape index (κ1) is 95.0. The molecular weight excluding hydrogens is 1950 g/mol. The number of benzene rings is 13. The molecule has 4 amide bonds. The zero-order valence-corrected chi connectivity index (χ0v) is 79.5. The van der Waals surface area contributed by atoms with Gasteiger partial charge in [-0.2, -0.15) is 0 Å². The Hall–Kier alpha value is -14.4. The smallest absolute Gasteiger partial charge is 0.508 e. The predicted octanol–water partition coefficient (Wildman–Crippen LogP) is 27.5. The SMILES string of the molecule is CC(C)c1ccc(C2c3[nH]c4ccc(Br)cc4c3CCN2C(=O)Oc2ccc(Cl)cc2)cc1.O=C(Oc1ccc(Cl)cc1)N1CCc2c([nH]c3ccc(Cl)cc23)C1c1ccc(OCCO)cc1.O=C(Oc1ccc(F)cc1)N1CCc2c([nH]c3ccc(Cl)cc23)C1c1ccc(O)cc1.O=C(Oc1ccc(F)cc1)Oc1ccc(C2c3[nH]c4ccc(Cl)cc4c3CCN2C(=O)Oc2ccc(F)cc2)cc1. The van der Waals surface area contributed by atoms with Crippen LogP contribution in [0.25, 0.3) is 43.6 Å². The summed E-state index contributed by atoms with van der Waals surface area (Å²) in [5, 5.41) is 26.1. The minimum absolute atomic E-state index is 0.0598. The molecule has 13 aromatic carbocycles. The van der Waals surface area contributed by atoms with Crippen LogP contribution >= 0.6 is 73.9 Å². The lowest BCUT2D eigenvalue weighted by Gasteiger charge is -2.35. The van der Waals surface area contributed by atoms with Gasteiger partial charge in [-0.25, -0.2) is 37.1 Å². The van der Waals surface area contributed by atoms with Crippen LogP contribution < -0.4 is 33.2 Å². The predicted molar refractivity (Wildman–Crippen MR) is 532 cm³/mol. The molecule has 0 aliphatic carbocycles. The van der Waals surface area contributed by atoms with E-state index in [2.05, 4.69) is 86.1 Å². The van der Waals surface area contributed by atoms with Crippen LogP contribution in [-0.4, -0.2) is 120 Å². The molecule has 139 heavy (non-hydrogen) atoms. The number of fused-ring (bicyclic) bond motifs is 12. The maximum Gasteiger partial charge on any atom is 0.519 e. The van der Waals surface area contributed by atoms with Gasteiger partial charge in [0.1, 0.15) is 94.2 Å². The number of hydrogen-bond acceptors (Lipinski definition) is 14. The van der Waals surface area contributed by atoms with Crippen molar-refractivity contribution in [1.82, 2.24) is 39.5 Å². The van der Waals surface area contributed by atoms with Gasteiger partial charge < -0.3 is 63.3 Å². The third-order valence-electron chi connectivity index (χ3n) is 24.5. The fourth-order valence-corrected chi connectivity index (χ4v) is 19.1. The molecule has 0 bridgehead atoms. The van der Waals surface area contributed by atoms with Crippen molar-refractivity contribution in [2.45, 2.75) is 69.6 Å². The Morgan fingerprint density at radius 2 is 0.604 bits per heavy atom. The Balaban J connectivity index is 0.000000124. The number of aromatic hydroxyl groups is 1. The second-order valence-electron chi connectivity index (χ2n) is 33.5. The summed E-state index contributed by atoms with van der Waals surface area (Å²) in [5.74, 6) is 1.66. The van der Waals surface area contributed by atoms with Crippen molar-refractivity contribution >= 4 is 148 Å². The van der Waals surface area contributed by atoms with Crippen LogP contribution in [0, 0.1) is 17.5 Å². The number of H-pyrrole nitrogens is 4. The quantitative estimate of drug-likeness (QED) is 0.0437. The summed E-state index contributed by atoms with van der Waals surface area (Å²) in [7, 11) is 0. The van der Waals surface area contributed by atoms with Crippen LogP contribution in [0.4, 0.5) is 37.1 Å². The number of aliphatic hydroxyl groups excluding tert-OH is 1. The van der Waals surface area contributed by atoms with Crippen LogP contribution in [-0.2, 0) is 25.7 Å². The van der Waals surface area contributed by atoms with Gasteiger partial charge in [-0.1, -0.05) is 148 Å². The number of nitrogens with one attached hydrogen (secondary N) is 4. The lowest BCUT2D eigenvalue weighted by molar-refractivity contribution is 0.134. The van der Waals surface area contributed by atoms with Crippen LogP contribution in [0.5, 0.6) is 46.0 Å². The van der Waals surface area contributed by atoms with E-state index in [0.717, 1.165) is 111 Å². The highest BCUT2D eigenvalue weighted by molar-refractivity contribution is 9.10. The van der Waals surface area contributed by atoms with Crippen molar-refractivity contribution in [2.75, 3.05) is 39.4 Å². The van der Waals surface area contributed by atoms with Crippen molar-refractivity contribution in [2.24, 2.45) is 0 Å². The number of aliphatic hydroxyl groups is 1. The van der Waals surface area contributed by atoms with E-state index in [1.807, 2.05) is 83.8 Å². The number of aromatic amines is 4. The summed E-state index contributed by atoms with van der Waals surface area (Å²) in [5.41, 5.74) is 16.8. The summed E-state index contributed by atoms with van der Waals surface area (Å²) in [6.45, 7) is 6.34. The van der Waals surface area contributed by atoms with Gasteiger partial charge in [0, 0.05) is 122 Å². The van der Waals surface area contributed by atoms with Crippen LogP contribution in [0.1, 0.15) is 117 Å². The van der Waals surface area contributed by atoms with Crippen molar-refractivity contribution in [3.8, 4) is 46.0 Å². The number of halogens is 9. The molecule has 0 fully saturated rings. The number of hydrogen-bond donors (Lipinski definition) is 6. The Morgan fingerprint density at radius 3 is 0.914 bits per heavy atom. The lowest BCUT2D eigenvalue weighted by Crippen LogP contribution is -2.42. The monoisotopic (exact) mass is 2030 g/mol. The maximum absolute atomic E-state index is 13.4. The molecule has 31 heteroatoms. The molecule has 8 heterocycles. The number of nitrogens with zero attached hydrogens (tertiary/aromatic N) is 4. The molecule has 4 aromatic heterocycles. The van der Waals surface area contributed by atoms with Gasteiger partial charge in [0.05, 0.1) is 6.61 Å². The minimum atomic E-state index is -0.985. The summed E-state index contributed by atoms with van der Waals surface area (Å²) >= 11 is 34.3. The molecule has 0 radical (unpaired) electrons. The highest BCUT2D eigenvalue weighted by atomic mass is 79.9. The first-order chi connectivity index (χ1) is 67.3. The zero-order valence-electron chi connectivity index (χ0n) is 74.2. The van der Waals surface area contributed by atoms with Crippen molar-refractivity contribution in [3.63, 3.8) is 0 Å². The number of ether oxygens (including phenoxy) is 7. The van der Waals surface area contributed by atoms with Crippen LogP contribution in [0.2, 0.25) is 25.1 Å². The highest BCUT2D eigenvalue weighted by Crippen LogP contribution is 2.47. The average molecular weight is 2030 g/mol. The molecule has 4 atom stereocenters. The molecule has 4 aliphatic rings. The van der Waals surface area contributed by atoms with Gasteiger partial charge >= 0.3 is 30.5 Å². The van der Waals surface area contributed by atoms with E-state index in [0.29, 0.717) is 93.7 Å². The zero-order chi connectivity index (χ0) is 96.8. The van der Waals surface area contributed by atoms with Crippen LogP contribution in [0.15, 0.2) is 296 Å². The molecule has 704 valence electrons. The average Bonchev–Trinajstić information content (AvgIpc) is 1.61. The Bertz CT molecular complexity index is 7390. The fraction of sp³-hybridized carbons (Fsp3) is 0.157. The first-order valence-electron chi connectivity index (χ1n) is 44.4. The Kier molecular flexibility index (Phi) is 28.6. The number of amides is 4. The molecule has 0 saturated heterocycles. The van der Waals surface area contributed by atoms with E-state index >= 15 is 0 Å². The topological polar surface area (TPSA) is 267 Å². The first-order valence-corrected chi connectivity index (χ1v) is 47.1. The van der Waals surface area contributed by atoms with E-state index in [1.165, 1.54) is 89.3 Å². The van der Waals surface area contributed by atoms with Gasteiger partial charge in [-0.15, -0.1) is 0 Å². The number of rotatable bonds is 14. The third-order valence-corrected chi connectivity index (χ3v) is 26.2. The van der Waals surface area contributed by atoms with E-state index in [4.69, 9.17) is 96.3 Å². The molecule has 6 N–H and O–H groups in total. The summed E-state index contributed by atoms with van der Waals surface area (Å²) < 4.78 is 79.1. The van der Waals surface area contributed by atoms with Crippen molar-refractivity contribution in [3.05, 3.63) is 411 Å². The van der Waals surface area contributed by atoms with Crippen LogP contribution in [0.3, 0.4) is 0 Å². The van der Waals surface area contributed by atoms with Gasteiger partial charge in [0.2, 0.25) is 0 Å². The summed E-state index contributed by atoms with van der Waals surface area (Å²) in [6.07, 6.45) is -0.345. The number of carbonyl (C=O) groups is 5. The standard InChI is InChI=1S/C31H21ClF2N2O5.C27H24BrClN2O2.C26H22Cl2N2O4.C24H18ClFN2O3/c32-19-3-14-27-26(17-19)25-15-16-36(30(37)39-22-10-4-20(33)5-11-22)29(28(25)35-27)18-1-8-23(9-2-18)40-31(38)41-24-12-6-21(34)7-13-24;1-16(2)17-3-5-18(6-4-17)26-25-22(23-15-19(28)7-12-24(23)30-25)13-14-31(26)27(32)33-21-10-8-20(29)9-11-21;27-17-3-8-20(9-4-17)34-26(32)30-12-11-21-22-15-18(28)5-10-23(22)29-24(21)25(30)16-1-6-19(7-2-16)33-14-13-31;25-15-3-10-21-20(13-15)19-11-12-28(24(30)31-18-8-4-16(26)5-9-18)23(22(19)27-21)14-1-6-17(29)7-2-14/h1-14,17,29,35H,15-16H2;3-12,15-16,26,30H,13-14H2,1-2H3;1-10,15,25,29,31H,11-14H2;1-10,13,23,27,29H,11-12H2. The molecule has 0 saturated carbocycles. The number of carbonyl (C=O) groups excluding carboxylic acids is 5. The molecular formula is C108H85BrCl5F3N8O14. The Morgan fingerprint density at radius 1 is 0.345 bits per heavy atom. The van der Waals surface area contributed by atoms with Gasteiger partial charge in [0.15, 0.2) is 0 Å². The number of phenols is 1. The van der Waals surface area contributed by atoms with Gasteiger partial charge in [-0.3, -0.25) is 19.6 Å². The van der Waals surface area contributed by atoms with E-state index in [1.54, 1.807) is 118 Å². The van der Waals surface area contributed by atoms with E-state index in [-0.39, 0.29) is 60.1 Å².